The summed E-state index contributed by atoms with van der Waals surface area (Å²) in [4.78, 5) is 50.9. The van der Waals surface area contributed by atoms with Crippen molar-refractivity contribution < 1.29 is 23.9 Å². The van der Waals surface area contributed by atoms with Gasteiger partial charge in [0.25, 0.3) is 5.91 Å². The number of carbonyl (C=O) groups excluding carboxylic acids is 4. The fourth-order valence-corrected chi connectivity index (χ4v) is 5.63. The minimum atomic E-state index is -0.603. The van der Waals surface area contributed by atoms with Crippen LogP contribution in [0.25, 0.3) is 10.8 Å². The monoisotopic (exact) mass is 420 g/mol. The molecule has 2 aliphatic carbocycles. The number of ether oxygens (including phenoxy) is 1. The zero-order valence-electron chi connectivity index (χ0n) is 17.1. The van der Waals surface area contributed by atoms with Gasteiger partial charge in [0.15, 0.2) is 6.61 Å². The molecular weight excluding hydrogens is 396 g/mol. The Bertz CT molecular complexity index is 1050. The predicted octanol–water partition coefficient (Wildman–Crippen LogP) is 2.74. The summed E-state index contributed by atoms with van der Waals surface area (Å²) in [6.45, 7) is -0.396. The fourth-order valence-electron chi connectivity index (χ4n) is 5.63. The quantitative estimate of drug-likeness (QED) is 0.573. The molecule has 0 spiro atoms. The molecule has 1 aliphatic heterocycles. The molecule has 2 aromatic carbocycles. The second kappa shape index (κ2) is 7.80. The molecular formula is C24H24N2O5. The Morgan fingerprint density at radius 3 is 2.39 bits per heavy atom. The number of hydrogen-bond donors (Lipinski definition) is 1. The largest absolute Gasteiger partial charge is 0.456 e. The molecule has 1 saturated heterocycles. The number of fused-ring (bicyclic) bond motifs is 6. The van der Waals surface area contributed by atoms with Gasteiger partial charge in [-0.2, -0.15) is 0 Å². The number of likely N-dealkylation sites (tertiary alicyclic amines) is 1. The van der Waals surface area contributed by atoms with Gasteiger partial charge in [0.1, 0.15) is 0 Å². The summed E-state index contributed by atoms with van der Waals surface area (Å²) in [6, 6.07) is 13.2. The lowest BCUT2D eigenvalue weighted by molar-refractivity contribution is -0.149. The third kappa shape index (κ3) is 3.48. The summed E-state index contributed by atoms with van der Waals surface area (Å²) in [7, 11) is 0. The average molecular weight is 420 g/mol. The van der Waals surface area contributed by atoms with Crippen LogP contribution in [0.2, 0.25) is 0 Å². The van der Waals surface area contributed by atoms with Gasteiger partial charge in [-0.25, -0.2) is 0 Å². The number of amides is 3. The van der Waals surface area contributed by atoms with Gasteiger partial charge >= 0.3 is 5.97 Å². The van der Waals surface area contributed by atoms with E-state index in [4.69, 9.17) is 4.74 Å². The number of anilines is 1. The average Bonchev–Trinajstić information content (AvgIpc) is 3.45. The highest BCUT2D eigenvalue weighted by atomic mass is 16.5. The molecule has 0 radical (unpaired) electrons. The maximum Gasteiger partial charge on any atom is 0.308 e. The van der Waals surface area contributed by atoms with Gasteiger partial charge < -0.3 is 10.1 Å². The van der Waals surface area contributed by atoms with E-state index in [0.29, 0.717) is 17.5 Å². The fraction of sp³-hybridized carbons (Fsp3) is 0.417. The molecule has 3 aliphatic rings. The predicted molar refractivity (Wildman–Crippen MR) is 113 cm³/mol. The molecule has 1 heterocycles. The van der Waals surface area contributed by atoms with E-state index in [0.717, 1.165) is 30.0 Å². The number of carbonyl (C=O) groups is 4. The van der Waals surface area contributed by atoms with Gasteiger partial charge in [0, 0.05) is 17.6 Å². The Kier molecular flexibility index (Phi) is 4.96. The van der Waals surface area contributed by atoms with E-state index in [1.165, 1.54) is 4.90 Å². The molecule has 3 amide bonds. The molecule has 5 rings (SSSR count). The van der Waals surface area contributed by atoms with E-state index in [1.807, 2.05) is 36.4 Å². The van der Waals surface area contributed by atoms with Crippen LogP contribution in [0.1, 0.15) is 25.7 Å². The number of imide groups is 1. The third-order valence-corrected chi connectivity index (χ3v) is 6.99. The lowest BCUT2D eigenvalue weighted by Gasteiger charge is -2.19. The highest BCUT2D eigenvalue weighted by Gasteiger charge is 2.60. The maximum atomic E-state index is 12.7. The molecule has 1 N–H and O–H groups in total. The molecule has 2 aromatic rings. The first-order valence-electron chi connectivity index (χ1n) is 10.8. The molecule has 2 bridgehead atoms. The zero-order chi connectivity index (χ0) is 21.5. The molecule has 4 atom stereocenters. The Hall–Kier alpha value is -3.22. The lowest BCUT2D eigenvalue weighted by Crippen LogP contribution is -2.35. The minimum absolute atomic E-state index is 0.0217. The molecule has 160 valence electrons. The standard InChI is InChI=1S/C24H24N2O5/c27-19(25-18-7-3-5-14-4-1-2-6-17(14)18)13-31-20(28)10-11-26-23(29)21-15-8-9-16(12-15)22(21)24(26)30/h1-7,15-16,21-22H,8-13H2,(H,25,27)/t15-,16+,21-,22-/m0/s1. The second-order valence-electron chi connectivity index (χ2n) is 8.70. The number of nitrogens with zero attached hydrogens (tertiary/aromatic N) is 1. The minimum Gasteiger partial charge on any atom is -0.456 e. The van der Waals surface area contributed by atoms with E-state index in [9.17, 15) is 19.2 Å². The van der Waals surface area contributed by atoms with E-state index >= 15 is 0 Å². The van der Waals surface area contributed by atoms with Crippen LogP contribution < -0.4 is 5.32 Å². The van der Waals surface area contributed by atoms with Crippen LogP contribution in [0, 0.1) is 23.7 Å². The third-order valence-electron chi connectivity index (χ3n) is 6.99. The van der Waals surface area contributed by atoms with Gasteiger partial charge in [-0.3, -0.25) is 24.1 Å². The second-order valence-corrected chi connectivity index (χ2v) is 8.70. The van der Waals surface area contributed by atoms with Crippen LogP contribution in [-0.4, -0.2) is 41.7 Å². The first-order valence-corrected chi connectivity index (χ1v) is 10.8. The van der Waals surface area contributed by atoms with Gasteiger partial charge in [-0.1, -0.05) is 36.4 Å². The number of nitrogens with one attached hydrogen (secondary N) is 1. The Morgan fingerprint density at radius 2 is 1.65 bits per heavy atom. The van der Waals surface area contributed by atoms with Crippen LogP contribution in [0.5, 0.6) is 0 Å². The molecule has 0 aromatic heterocycles. The Balaban J connectivity index is 1.12. The van der Waals surface area contributed by atoms with E-state index < -0.39 is 18.5 Å². The van der Waals surface area contributed by atoms with Crippen LogP contribution in [0.3, 0.4) is 0 Å². The van der Waals surface area contributed by atoms with Crippen LogP contribution in [-0.2, 0) is 23.9 Å². The van der Waals surface area contributed by atoms with Crippen molar-refractivity contribution in [2.75, 3.05) is 18.5 Å². The number of rotatable bonds is 6. The van der Waals surface area contributed by atoms with Crippen molar-refractivity contribution in [3.05, 3.63) is 42.5 Å². The van der Waals surface area contributed by atoms with Gasteiger partial charge in [0.2, 0.25) is 11.8 Å². The SMILES string of the molecule is O=C(COC(=O)CCN1C(=O)[C@H]2[C@@H]3CC[C@@H](C3)[C@@H]2C1=O)Nc1cccc2ccccc12. The summed E-state index contributed by atoms with van der Waals surface area (Å²) in [5.74, 6) is -1.05. The van der Waals surface area contributed by atoms with Crippen molar-refractivity contribution in [1.29, 1.82) is 0 Å². The van der Waals surface area contributed by atoms with Crippen LogP contribution in [0.15, 0.2) is 42.5 Å². The Morgan fingerprint density at radius 1 is 0.968 bits per heavy atom. The first kappa shape index (κ1) is 19.7. The first-order chi connectivity index (χ1) is 15.0. The number of hydrogen-bond acceptors (Lipinski definition) is 5. The summed E-state index contributed by atoms with van der Waals surface area (Å²) in [5, 5.41) is 4.65. The van der Waals surface area contributed by atoms with E-state index in [2.05, 4.69) is 5.32 Å². The molecule has 0 unspecified atom stereocenters. The zero-order valence-corrected chi connectivity index (χ0v) is 17.1. The summed E-state index contributed by atoms with van der Waals surface area (Å²) in [6.07, 6.45) is 2.92. The normalized spacial score (nSPS) is 26.4. The highest BCUT2D eigenvalue weighted by molar-refractivity contribution is 6.06. The van der Waals surface area contributed by atoms with Crippen LogP contribution >= 0.6 is 0 Å². The van der Waals surface area contributed by atoms with Crippen molar-refractivity contribution in [1.82, 2.24) is 4.90 Å². The van der Waals surface area contributed by atoms with Crippen LogP contribution in [0.4, 0.5) is 5.69 Å². The molecule has 3 fully saturated rings. The van der Waals surface area contributed by atoms with Crippen molar-refractivity contribution in [2.24, 2.45) is 23.7 Å². The maximum absolute atomic E-state index is 12.7. The summed E-state index contributed by atoms with van der Waals surface area (Å²) < 4.78 is 5.07. The Labute approximate surface area is 179 Å². The molecule has 7 nitrogen and oxygen atoms in total. The number of esters is 1. The van der Waals surface area contributed by atoms with Gasteiger partial charge in [-0.05, 0) is 42.6 Å². The van der Waals surface area contributed by atoms with Gasteiger partial charge in [0.05, 0.1) is 18.3 Å². The van der Waals surface area contributed by atoms with Crippen molar-refractivity contribution >= 4 is 40.2 Å². The number of benzene rings is 2. The van der Waals surface area contributed by atoms with Gasteiger partial charge in [-0.15, -0.1) is 0 Å². The van der Waals surface area contributed by atoms with Crippen molar-refractivity contribution in [3.8, 4) is 0 Å². The molecule has 7 heteroatoms. The highest BCUT2D eigenvalue weighted by Crippen LogP contribution is 2.56. The summed E-state index contributed by atoms with van der Waals surface area (Å²) in [5.41, 5.74) is 0.647. The molecule has 31 heavy (non-hydrogen) atoms. The van der Waals surface area contributed by atoms with Crippen molar-refractivity contribution in [2.45, 2.75) is 25.7 Å². The lowest BCUT2D eigenvalue weighted by atomic mass is 9.81. The van der Waals surface area contributed by atoms with Crippen molar-refractivity contribution in [3.63, 3.8) is 0 Å². The van der Waals surface area contributed by atoms with E-state index in [1.54, 1.807) is 6.07 Å². The summed E-state index contributed by atoms with van der Waals surface area (Å²) >= 11 is 0. The smallest absolute Gasteiger partial charge is 0.308 e. The molecule has 2 saturated carbocycles. The topological polar surface area (TPSA) is 92.8 Å². The van der Waals surface area contributed by atoms with E-state index in [-0.39, 0.29) is 36.6 Å².